The van der Waals surface area contributed by atoms with E-state index in [0.717, 1.165) is 21.1 Å². The zero-order valence-corrected chi connectivity index (χ0v) is 10.9. The fourth-order valence-corrected chi connectivity index (χ4v) is 3.08. The highest BCUT2D eigenvalue weighted by atomic mass is 32.1. The summed E-state index contributed by atoms with van der Waals surface area (Å²) in [7, 11) is 0. The number of thiazole rings is 1. The minimum absolute atomic E-state index is 0.478. The number of nitrogens with zero attached hydrogens (tertiary/aromatic N) is 1. The lowest BCUT2D eigenvalue weighted by molar-refractivity contribution is 1.05. The van der Waals surface area contributed by atoms with Crippen molar-refractivity contribution in [3.63, 3.8) is 0 Å². The topological polar surface area (TPSA) is 38.9 Å². The van der Waals surface area contributed by atoms with Crippen LogP contribution in [-0.2, 0) is 0 Å². The summed E-state index contributed by atoms with van der Waals surface area (Å²) in [5, 5.41) is 1.02. The molecule has 0 aliphatic heterocycles. The Morgan fingerprint density at radius 2 is 2.00 bits per heavy atom. The van der Waals surface area contributed by atoms with Crippen LogP contribution in [0.2, 0.25) is 0 Å². The van der Waals surface area contributed by atoms with Crippen LogP contribution in [0.3, 0.4) is 0 Å². The van der Waals surface area contributed by atoms with Crippen LogP contribution in [0, 0.1) is 0 Å². The molecule has 1 aliphatic carbocycles. The van der Waals surface area contributed by atoms with Crippen LogP contribution in [-0.4, -0.2) is 9.97 Å². The van der Waals surface area contributed by atoms with Crippen molar-refractivity contribution in [3.8, 4) is 10.6 Å². The number of rotatable bonds is 3. The average Bonchev–Trinajstić information content (AvgIpc) is 3.09. The Morgan fingerprint density at radius 3 is 2.59 bits per heavy atom. The van der Waals surface area contributed by atoms with E-state index in [-0.39, 0.29) is 0 Å². The van der Waals surface area contributed by atoms with E-state index in [9.17, 15) is 0 Å². The molecule has 3 rings (SSSR count). The fourth-order valence-electron chi connectivity index (χ4n) is 1.85. The Morgan fingerprint density at radius 1 is 1.29 bits per heavy atom. The molecule has 0 saturated heterocycles. The molecule has 1 saturated carbocycles. The minimum atomic E-state index is 0.478. The molecule has 0 bridgehead atoms. The van der Waals surface area contributed by atoms with E-state index in [1.807, 2.05) is 18.2 Å². The minimum Gasteiger partial charge on any atom is -0.389 e. The van der Waals surface area contributed by atoms with E-state index in [2.05, 4.69) is 12.1 Å². The molecule has 17 heavy (non-hydrogen) atoms. The van der Waals surface area contributed by atoms with Gasteiger partial charge in [-0.15, -0.1) is 11.3 Å². The molecule has 2 nitrogen and oxygen atoms in total. The molecule has 4 heteroatoms. The normalized spacial score (nSPS) is 14.8. The number of aromatic nitrogens is 1. The Hall–Kier alpha value is -1.26. The first-order valence-electron chi connectivity index (χ1n) is 5.61. The van der Waals surface area contributed by atoms with Gasteiger partial charge in [-0.3, -0.25) is 0 Å². The maximum absolute atomic E-state index is 5.77. The zero-order valence-electron chi connectivity index (χ0n) is 9.22. The van der Waals surface area contributed by atoms with Crippen LogP contribution >= 0.6 is 23.6 Å². The van der Waals surface area contributed by atoms with Crippen LogP contribution in [0.15, 0.2) is 30.3 Å². The summed E-state index contributed by atoms with van der Waals surface area (Å²) in [5.74, 6) is 0.584. The van der Waals surface area contributed by atoms with Crippen molar-refractivity contribution < 1.29 is 0 Å². The van der Waals surface area contributed by atoms with Gasteiger partial charge in [-0.25, -0.2) is 4.98 Å². The van der Waals surface area contributed by atoms with Gasteiger partial charge in [0, 0.05) is 11.5 Å². The van der Waals surface area contributed by atoms with Gasteiger partial charge in [-0.2, -0.15) is 0 Å². The standard InChI is InChI=1S/C13H12N2S2/c14-12(16)11-10(8-6-7-8)15-13(17-11)9-4-2-1-3-5-9/h1-5,8H,6-7H2,(H2,14,16). The molecule has 1 aromatic carbocycles. The van der Waals surface area contributed by atoms with Crippen LogP contribution in [0.1, 0.15) is 29.3 Å². The van der Waals surface area contributed by atoms with E-state index in [0.29, 0.717) is 10.9 Å². The summed E-state index contributed by atoms with van der Waals surface area (Å²) in [6, 6.07) is 10.2. The Labute approximate surface area is 110 Å². The summed E-state index contributed by atoms with van der Waals surface area (Å²) in [4.78, 5) is 6.19. The summed E-state index contributed by atoms with van der Waals surface area (Å²) >= 11 is 6.72. The summed E-state index contributed by atoms with van der Waals surface area (Å²) in [6.45, 7) is 0. The van der Waals surface area contributed by atoms with Gasteiger partial charge in [-0.1, -0.05) is 42.5 Å². The molecule has 0 radical (unpaired) electrons. The summed E-state index contributed by atoms with van der Waals surface area (Å²) in [6.07, 6.45) is 2.43. The predicted molar refractivity (Wildman–Crippen MR) is 75.4 cm³/mol. The summed E-state index contributed by atoms with van der Waals surface area (Å²) < 4.78 is 0. The van der Waals surface area contributed by atoms with Crippen LogP contribution in [0.25, 0.3) is 10.6 Å². The van der Waals surface area contributed by atoms with Gasteiger partial charge >= 0.3 is 0 Å². The monoisotopic (exact) mass is 260 g/mol. The van der Waals surface area contributed by atoms with Crippen molar-refractivity contribution in [2.24, 2.45) is 5.73 Å². The lowest BCUT2D eigenvalue weighted by atomic mass is 10.2. The first kappa shape index (κ1) is 10.9. The van der Waals surface area contributed by atoms with Crippen molar-refractivity contribution in [3.05, 3.63) is 40.9 Å². The van der Waals surface area contributed by atoms with E-state index in [1.54, 1.807) is 11.3 Å². The van der Waals surface area contributed by atoms with Crippen molar-refractivity contribution in [1.29, 1.82) is 0 Å². The third kappa shape index (κ3) is 2.10. The zero-order chi connectivity index (χ0) is 11.8. The lowest BCUT2D eigenvalue weighted by Crippen LogP contribution is -2.09. The number of thiocarbonyl (C=S) groups is 1. The van der Waals surface area contributed by atoms with Crippen molar-refractivity contribution in [2.45, 2.75) is 18.8 Å². The molecule has 1 aromatic heterocycles. The first-order valence-corrected chi connectivity index (χ1v) is 6.84. The molecular weight excluding hydrogens is 248 g/mol. The first-order chi connectivity index (χ1) is 8.25. The molecule has 0 spiro atoms. The Balaban J connectivity index is 2.07. The molecule has 2 N–H and O–H groups in total. The quantitative estimate of drug-likeness (QED) is 0.860. The van der Waals surface area contributed by atoms with Crippen LogP contribution in [0.5, 0.6) is 0 Å². The van der Waals surface area contributed by atoms with Crippen molar-refractivity contribution in [2.75, 3.05) is 0 Å². The van der Waals surface area contributed by atoms with E-state index in [4.69, 9.17) is 22.9 Å². The maximum Gasteiger partial charge on any atom is 0.124 e. The van der Waals surface area contributed by atoms with Crippen LogP contribution < -0.4 is 5.73 Å². The molecule has 0 amide bonds. The number of hydrogen-bond acceptors (Lipinski definition) is 3. The largest absolute Gasteiger partial charge is 0.389 e. The maximum atomic E-state index is 5.77. The van der Waals surface area contributed by atoms with Gasteiger partial charge in [0.15, 0.2) is 0 Å². The third-order valence-corrected chi connectivity index (χ3v) is 4.35. The van der Waals surface area contributed by atoms with E-state index in [1.165, 1.54) is 12.8 Å². The lowest BCUT2D eigenvalue weighted by Gasteiger charge is -1.95. The van der Waals surface area contributed by atoms with Gasteiger partial charge in [0.05, 0.1) is 10.6 Å². The van der Waals surface area contributed by atoms with E-state index < -0.39 is 0 Å². The predicted octanol–water partition coefficient (Wildman–Crippen LogP) is 3.32. The highest BCUT2D eigenvalue weighted by molar-refractivity contribution is 7.81. The highest BCUT2D eigenvalue weighted by Gasteiger charge is 2.30. The van der Waals surface area contributed by atoms with Crippen molar-refractivity contribution in [1.82, 2.24) is 4.98 Å². The second kappa shape index (κ2) is 4.20. The molecule has 86 valence electrons. The Bertz CT molecular complexity index is 556. The summed E-state index contributed by atoms with van der Waals surface area (Å²) in [5.41, 5.74) is 8.03. The second-order valence-electron chi connectivity index (χ2n) is 4.24. The van der Waals surface area contributed by atoms with Crippen LogP contribution in [0.4, 0.5) is 0 Å². The molecule has 1 heterocycles. The molecule has 1 aliphatic rings. The van der Waals surface area contributed by atoms with Gasteiger partial charge in [-0.05, 0) is 12.8 Å². The Kier molecular flexibility index (Phi) is 2.68. The average molecular weight is 260 g/mol. The number of benzene rings is 1. The molecule has 0 atom stereocenters. The second-order valence-corrected chi connectivity index (χ2v) is 5.68. The highest BCUT2D eigenvalue weighted by Crippen LogP contribution is 2.44. The number of nitrogens with two attached hydrogens (primary N) is 1. The van der Waals surface area contributed by atoms with Gasteiger partial charge in [0.1, 0.15) is 10.00 Å². The fraction of sp³-hybridized carbons (Fsp3) is 0.231. The van der Waals surface area contributed by atoms with Gasteiger partial charge < -0.3 is 5.73 Å². The SMILES string of the molecule is NC(=S)c1sc(-c2ccccc2)nc1C1CC1. The molecule has 0 unspecified atom stereocenters. The molecular formula is C13H12N2S2. The van der Waals surface area contributed by atoms with Gasteiger partial charge in [0.2, 0.25) is 0 Å². The smallest absolute Gasteiger partial charge is 0.124 e. The third-order valence-electron chi connectivity index (χ3n) is 2.86. The van der Waals surface area contributed by atoms with Gasteiger partial charge in [0.25, 0.3) is 0 Å². The molecule has 2 aromatic rings. The van der Waals surface area contributed by atoms with Crippen molar-refractivity contribution >= 4 is 28.5 Å². The van der Waals surface area contributed by atoms with E-state index >= 15 is 0 Å². The number of hydrogen-bond donors (Lipinski definition) is 1. The molecule has 1 fully saturated rings.